The maximum atomic E-state index is 12.4. The highest BCUT2D eigenvalue weighted by Crippen LogP contribution is 2.38. The van der Waals surface area contributed by atoms with Crippen LogP contribution in [0.15, 0.2) is 0 Å². The third-order valence-corrected chi connectivity index (χ3v) is 2.39. The Morgan fingerprint density at radius 2 is 2.14 bits per heavy atom. The molecule has 2 rings (SSSR count). The van der Waals surface area contributed by atoms with Crippen molar-refractivity contribution in [2.75, 3.05) is 0 Å². The van der Waals surface area contributed by atoms with E-state index in [-0.39, 0.29) is 5.56 Å². The summed E-state index contributed by atoms with van der Waals surface area (Å²) in [5.74, 6) is 0. The van der Waals surface area contributed by atoms with Gasteiger partial charge in [0.15, 0.2) is 5.69 Å². The van der Waals surface area contributed by atoms with Gasteiger partial charge in [0.1, 0.15) is 0 Å². The second-order valence-corrected chi connectivity index (χ2v) is 3.37. The third kappa shape index (κ3) is 1.39. The van der Waals surface area contributed by atoms with Crippen molar-refractivity contribution in [3.05, 3.63) is 17.0 Å². The first kappa shape index (κ1) is 9.51. The predicted molar refractivity (Wildman–Crippen MR) is 41.5 cm³/mol. The molecule has 14 heavy (non-hydrogen) atoms. The topological polar surface area (TPSA) is 48.9 Å². The molecule has 0 radical (unpaired) electrons. The number of aliphatic hydroxyl groups is 1. The van der Waals surface area contributed by atoms with Gasteiger partial charge < -0.3 is 5.11 Å². The standard InChI is InChI=1S/C8H9F3N2O/c9-8(10,11)7-6-4(12-13-7)2-1-3-5(6)14/h5,14H,1-3H2,(H,12,13). The molecule has 0 spiro atoms. The van der Waals surface area contributed by atoms with E-state index in [4.69, 9.17) is 0 Å². The molecule has 1 unspecified atom stereocenters. The Kier molecular flexibility index (Phi) is 2.02. The van der Waals surface area contributed by atoms with Gasteiger partial charge in [-0.1, -0.05) is 0 Å². The molecule has 0 saturated heterocycles. The van der Waals surface area contributed by atoms with E-state index in [0.29, 0.717) is 25.0 Å². The summed E-state index contributed by atoms with van der Waals surface area (Å²) in [6, 6.07) is 0. The molecule has 1 aromatic heterocycles. The molecule has 3 nitrogen and oxygen atoms in total. The van der Waals surface area contributed by atoms with Crippen molar-refractivity contribution in [2.24, 2.45) is 0 Å². The molecule has 0 aromatic carbocycles. The van der Waals surface area contributed by atoms with Crippen LogP contribution in [0.3, 0.4) is 0 Å². The van der Waals surface area contributed by atoms with Gasteiger partial charge >= 0.3 is 6.18 Å². The number of halogens is 3. The number of rotatable bonds is 0. The van der Waals surface area contributed by atoms with E-state index in [2.05, 4.69) is 10.2 Å². The van der Waals surface area contributed by atoms with Crippen molar-refractivity contribution in [3.8, 4) is 0 Å². The Balaban J connectivity index is 2.49. The summed E-state index contributed by atoms with van der Waals surface area (Å²) in [7, 11) is 0. The number of alkyl halides is 3. The number of hydrogen-bond donors (Lipinski definition) is 2. The normalized spacial score (nSPS) is 22.1. The number of aliphatic hydroxyl groups excluding tert-OH is 1. The SMILES string of the molecule is OC1CCCc2[nH]nc(C(F)(F)F)c21. The number of nitrogens with zero attached hydrogens (tertiary/aromatic N) is 1. The van der Waals surface area contributed by atoms with Gasteiger partial charge in [0, 0.05) is 11.3 Å². The van der Waals surface area contributed by atoms with Gasteiger partial charge in [0.05, 0.1) is 6.10 Å². The highest BCUT2D eigenvalue weighted by Gasteiger charge is 2.40. The Morgan fingerprint density at radius 3 is 2.79 bits per heavy atom. The molecule has 78 valence electrons. The lowest BCUT2D eigenvalue weighted by atomic mass is 9.93. The number of H-pyrrole nitrogens is 1. The Morgan fingerprint density at radius 1 is 1.43 bits per heavy atom. The summed E-state index contributed by atoms with van der Waals surface area (Å²) in [5.41, 5.74) is -0.625. The Bertz CT molecular complexity index is 345. The zero-order valence-corrected chi connectivity index (χ0v) is 7.23. The number of aromatic nitrogens is 2. The van der Waals surface area contributed by atoms with Crippen molar-refractivity contribution in [2.45, 2.75) is 31.5 Å². The van der Waals surface area contributed by atoms with Crippen LogP contribution in [0.5, 0.6) is 0 Å². The lowest BCUT2D eigenvalue weighted by Crippen LogP contribution is -2.15. The fourth-order valence-corrected chi connectivity index (χ4v) is 1.77. The smallest absolute Gasteiger partial charge is 0.388 e. The van der Waals surface area contributed by atoms with Gasteiger partial charge in [0.25, 0.3) is 0 Å². The second-order valence-electron chi connectivity index (χ2n) is 3.37. The van der Waals surface area contributed by atoms with Crippen LogP contribution in [-0.2, 0) is 12.6 Å². The molecule has 6 heteroatoms. The summed E-state index contributed by atoms with van der Waals surface area (Å²) in [4.78, 5) is 0. The fraction of sp³-hybridized carbons (Fsp3) is 0.625. The van der Waals surface area contributed by atoms with Crippen molar-refractivity contribution in [1.29, 1.82) is 0 Å². The highest BCUT2D eigenvalue weighted by atomic mass is 19.4. The van der Waals surface area contributed by atoms with Crippen LogP contribution in [0.1, 0.15) is 35.9 Å². The van der Waals surface area contributed by atoms with Crippen LogP contribution in [0.4, 0.5) is 13.2 Å². The minimum atomic E-state index is -4.48. The number of aryl methyl sites for hydroxylation is 1. The molecule has 0 fully saturated rings. The first-order valence-corrected chi connectivity index (χ1v) is 4.32. The molecule has 1 aliphatic carbocycles. The highest BCUT2D eigenvalue weighted by molar-refractivity contribution is 5.31. The molecule has 2 N–H and O–H groups in total. The molecular formula is C8H9F3N2O. The molecule has 1 heterocycles. The zero-order valence-electron chi connectivity index (χ0n) is 7.23. The average Bonchev–Trinajstić information content (AvgIpc) is 2.47. The summed E-state index contributed by atoms with van der Waals surface area (Å²) in [5, 5.41) is 15.0. The third-order valence-electron chi connectivity index (χ3n) is 2.39. The van der Waals surface area contributed by atoms with Gasteiger partial charge in [0.2, 0.25) is 0 Å². The molecule has 0 bridgehead atoms. The van der Waals surface area contributed by atoms with Crippen LogP contribution in [-0.4, -0.2) is 15.3 Å². The largest absolute Gasteiger partial charge is 0.435 e. The average molecular weight is 206 g/mol. The van der Waals surface area contributed by atoms with E-state index in [1.807, 2.05) is 0 Å². The number of nitrogens with one attached hydrogen (secondary N) is 1. The molecule has 1 atom stereocenters. The molecule has 0 aliphatic heterocycles. The van der Waals surface area contributed by atoms with E-state index in [0.717, 1.165) is 0 Å². The first-order valence-electron chi connectivity index (χ1n) is 4.32. The van der Waals surface area contributed by atoms with E-state index < -0.39 is 18.0 Å². The predicted octanol–water partition coefficient (Wildman–Crippen LogP) is 1.80. The quantitative estimate of drug-likeness (QED) is 0.680. The summed E-state index contributed by atoms with van der Waals surface area (Å²) in [6.07, 6.45) is -3.93. The van der Waals surface area contributed by atoms with Gasteiger partial charge in [-0.05, 0) is 19.3 Å². The number of hydrogen-bond acceptors (Lipinski definition) is 2. The van der Waals surface area contributed by atoms with Crippen LogP contribution in [0.25, 0.3) is 0 Å². The van der Waals surface area contributed by atoms with Gasteiger partial charge in [-0.2, -0.15) is 18.3 Å². The Hall–Kier alpha value is -1.04. The fourth-order valence-electron chi connectivity index (χ4n) is 1.77. The second kappa shape index (κ2) is 2.98. The van der Waals surface area contributed by atoms with Crippen LogP contribution >= 0.6 is 0 Å². The summed E-state index contributed by atoms with van der Waals surface area (Å²) in [6.45, 7) is 0. The van der Waals surface area contributed by atoms with E-state index in [1.165, 1.54) is 0 Å². The first-order chi connectivity index (χ1) is 6.50. The van der Waals surface area contributed by atoms with Crippen molar-refractivity contribution in [3.63, 3.8) is 0 Å². The van der Waals surface area contributed by atoms with Crippen LogP contribution in [0, 0.1) is 0 Å². The summed E-state index contributed by atoms with van der Waals surface area (Å²) < 4.78 is 37.2. The minimum Gasteiger partial charge on any atom is -0.388 e. The van der Waals surface area contributed by atoms with Crippen LogP contribution in [0.2, 0.25) is 0 Å². The van der Waals surface area contributed by atoms with Gasteiger partial charge in [-0.15, -0.1) is 0 Å². The Labute approximate surface area is 77.9 Å². The minimum absolute atomic E-state index is 0.0660. The maximum absolute atomic E-state index is 12.4. The molecule has 1 aromatic rings. The van der Waals surface area contributed by atoms with Crippen LogP contribution < -0.4 is 0 Å². The van der Waals surface area contributed by atoms with Gasteiger partial charge in [-0.3, -0.25) is 5.10 Å². The number of fused-ring (bicyclic) bond motifs is 1. The summed E-state index contributed by atoms with van der Waals surface area (Å²) >= 11 is 0. The monoisotopic (exact) mass is 206 g/mol. The van der Waals surface area contributed by atoms with E-state index in [1.54, 1.807) is 0 Å². The molecule has 1 aliphatic rings. The lowest BCUT2D eigenvalue weighted by Gasteiger charge is -2.18. The maximum Gasteiger partial charge on any atom is 0.435 e. The zero-order chi connectivity index (χ0) is 10.3. The molecular weight excluding hydrogens is 197 g/mol. The molecule has 0 saturated carbocycles. The van der Waals surface area contributed by atoms with Crippen molar-refractivity contribution in [1.82, 2.24) is 10.2 Å². The lowest BCUT2D eigenvalue weighted by molar-refractivity contribution is -0.142. The number of aromatic amines is 1. The van der Waals surface area contributed by atoms with E-state index >= 15 is 0 Å². The molecule has 0 amide bonds. The van der Waals surface area contributed by atoms with Gasteiger partial charge in [-0.25, -0.2) is 0 Å². The van der Waals surface area contributed by atoms with E-state index in [9.17, 15) is 18.3 Å². The van der Waals surface area contributed by atoms with Crippen molar-refractivity contribution >= 4 is 0 Å². The van der Waals surface area contributed by atoms with Crippen molar-refractivity contribution < 1.29 is 18.3 Å².